The van der Waals surface area contributed by atoms with E-state index in [1.807, 2.05) is 12.1 Å². The van der Waals surface area contributed by atoms with E-state index < -0.39 is 0 Å². The second kappa shape index (κ2) is 4.23. The van der Waals surface area contributed by atoms with Crippen LogP contribution in [-0.4, -0.2) is 4.98 Å². The molecule has 2 aromatic rings. The van der Waals surface area contributed by atoms with Crippen molar-refractivity contribution < 1.29 is 0 Å². The summed E-state index contributed by atoms with van der Waals surface area (Å²) in [6.07, 6.45) is 1.78. The van der Waals surface area contributed by atoms with Gasteiger partial charge in [0.25, 0.3) is 0 Å². The number of hydrogen-bond acceptors (Lipinski definition) is 1. The number of rotatable bonds is 0. The van der Waals surface area contributed by atoms with Crippen molar-refractivity contribution in [3.05, 3.63) is 35.9 Å². The Morgan fingerprint density at radius 2 is 2.00 bits per heavy atom. The molecule has 1 aromatic heterocycles. The summed E-state index contributed by atoms with van der Waals surface area (Å²) in [7, 11) is 0. The van der Waals surface area contributed by atoms with Gasteiger partial charge in [0.15, 0.2) is 0 Å². The monoisotopic (exact) mass is 445 g/mol. The smallest absolute Gasteiger partial charge is 0.0848 e. The van der Waals surface area contributed by atoms with E-state index in [0.717, 1.165) is 28.4 Å². The lowest BCUT2D eigenvalue weighted by Crippen LogP contribution is -1.85. The molecule has 0 aliphatic rings. The molecule has 72 valence electrons. The summed E-state index contributed by atoms with van der Waals surface area (Å²) < 4.78 is 2.98. The van der Waals surface area contributed by atoms with Gasteiger partial charge in [-0.25, -0.2) is 0 Å². The number of halogens is 4. The van der Waals surface area contributed by atoms with Gasteiger partial charge in [0.05, 0.1) is 9.99 Å². The molecule has 1 heterocycles. The maximum atomic E-state index is 5.98. The Morgan fingerprint density at radius 3 is 2.71 bits per heavy atom. The molecule has 0 N–H and O–H groups in total. The van der Waals surface area contributed by atoms with E-state index in [1.165, 1.54) is 0 Å². The molecule has 1 aromatic carbocycles. The highest BCUT2D eigenvalue weighted by Crippen LogP contribution is 2.33. The number of nitrogens with zero attached hydrogens (tertiary/aromatic N) is 1. The Labute approximate surface area is 117 Å². The molecule has 0 saturated heterocycles. The van der Waals surface area contributed by atoms with Crippen LogP contribution < -0.4 is 0 Å². The van der Waals surface area contributed by atoms with E-state index in [1.54, 1.807) is 6.20 Å². The second-order valence-corrected chi connectivity index (χ2v) is 5.95. The van der Waals surface area contributed by atoms with Gasteiger partial charge in [-0.15, -0.1) is 0 Å². The summed E-state index contributed by atoms with van der Waals surface area (Å²) in [6, 6.07) is 3.80. The highest BCUT2D eigenvalue weighted by atomic mass is 127. The summed E-state index contributed by atoms with van der Waals surface area (Å²) in [5, 5.41) is 1.75. The Kier molecular flexibility index (Phi) is 3.36. The molecule has 0 spiro atoms. The summed E-state index contributed by atoms with van der Waals surface area (Å²) in [5.41, 5.74) is 0.963. The predicted octanol–water partition coefficient (Wildman–Crippen LogP) is 5.02. The molecule has 0 aliphatic carbocycles. The molecule has 0 fully saturated rings. The van der Waals surface area contributed by atoms with Gasteiger partial charge in [-0.3, -0.25) is 4.98 Å². The zero-order chi connectivity index (χ0) is 10.3. The minimum atomic E-state index is 0.725. The largest absolute Gasteiger partial charge is 0.254 e. The van der Waals surface area contributed by atoms with Gasteiger partial charge >= 0.3 is 0 Å². The zero-order valence-corrected chi connectivity index (χ0v) is 12.8. The fourth-order valence-electron chi connectivity index (χ4n) is 1.17. The lowest BCUT2D eigenvalue weighted by atomic mass is 10.2. The molecule has 1 nitrogen and oxygen atoms in total. The van der Waals surface area contributed by atoms with Crippen LogP contribution in [0.4, 0.5) is 0 Å². The van der Waals surface area contributed by atoms with Crippen LogP contribution in [0.5, 0.6) is 0 Å². The highest BCUT2D eigenvalue weighted by molar-refractivity contribution is 14.1. The average Bonchev–Trinajstić information content (AvgIpc) is 2.12. The normalized spacial score (nSPS) is 10.9. The molecular formula is C9H3Br2ClIN. The SMILES string of the molecule is Clc1cc(I)c2ncc(Br)c(Br)c2c1. The Morgan fingerprint density at radius 1 is 1.29 bits per heavy atom. The Balaban J connectivity index is 2.95. The van der Waals surface area contributed by atoms with Crippen molar-refractivity contribution in [2.75, 3.05) is 0 Å². The van der Waals surface area contributed by atoms with Crippen molar-refractivity contribution >= 4 is 77.0 Å². The molecule has 5 heteroatoms. The van der Waals surface area contributed by atoms with E-state index >= 15 is 0 Å². The predicted molar refractivity (Wildman–Crippen MR) is 74.9 cm³/mol. The van der Waals surface area contributed by atoms with Gasteiger partial charge in [0.1, 0.15) is 0 Å². The van der Waals surface area contributed by atoms with Gasteiger partial charge in [-0.05, 0) is 66.6 Å². The first kappa shape index (κ1) is 11.1. The lowest BCUT2D eigenvalue weighted by molar-refractivity contribution is 1.37. The molecule has 0 aliphatic heterocycles. The third kappa shape index (κ3) is 1.94. The molecule has 2 rings (SSSR count). The van der Waals surface area contributed by atoms with Gasteiger partial charge < -0.3 is 0 Å². The fourth-order valence-corrected chi connectivity index (χ4v) is 3.06. The molecule has 0 bridgehead atoms. The van der Waals surface area contributed by atoms with Crippen LogP contribution in [0.25, 0.3) is 10.9 Å². The molecule has 0 radical (unpaired) electrons. The number of hydrogen-bond donors (Lipinski definition) is 0. The van der Waals surface area contributed by atoms with E-state index in [9.17, 15) is 0 Å². The molecule has 0 amide bonds. The summed E-state index contributed by atoms with van der Waals surface area (Å²) in [4.78, 5) is 4.34. The van der Waals surface area contributed by atoms with Crippen LogP contribution in [0.2, 0.25) is 5.02 Å². The maximum Gasteiger partial charge on any atom is 0.0848 e. The zero-order valence-electron chi connectivity index (χ0n) is 6.69. The van der Waals surface area contributed by atoms with Crippen LogP contribution in [0.1, 0.15) is 0 Å². The second-order valence-electron chi connectivity index (χ2n) is 2.70. The van der Waals surface area contributed by atoms with Crippen molar-refractivity contribution in [3.63, 3.8) is 0 Å². The number of fused-ring (bicyclic) bond motifs is 1. The minimum absolute atomic E-state index is 0.725. The molecule has 14 heavy (non-hydrogen) atoms. The number of benzene rings is 1. The van der Waals surface area contributed by atoms with Gasteiger partial charge in [0.2, 0.25) is 0 Å². The van der Waals surface area contributed by atoms with Crippen molar-refractivity contribution in [1.82, 2.24) is 4.98 Å². The average molecular weight is 447 g/mol. The Bertz CT molecular complexity index is 516. The van der Waals surface area contributed by atoms with E-state index in [0.29, 0.717) is 0 Å². The minimum Gasteiger partial charge on any atom is -0.254 e. The van der Waals surface area contributed by atoms with Crippen LogP contribution >= 0.6 is 66.1 Å². The van der Waals surface area contributed by atoms with Crippen LogP contribution in [0.15, 0.2) is 27.3 Å². The van der Waals surface area contributed by atoms with Crippen molar-refractivity contribution in [2.24, 2.45) is 0 Å². The van der Waals surface area contributed by atoms with Crippen molar-refractivity contribution in [3.8, 4) is 0 Å². The first-order chi connectivity index (χ1) is 6.59. The molecule has 0 atom stereocenters. The third-order valence-electron chi connectivity index (χ3n) is 1.78. The topological polar surface area (TPSA) is 12.9 Å². The number of aromatic nitrogens is 1. The standard InChI is InChI=1S/C9H3Br2ClIN/c10-6-3-14-9-5(8(6)11)1-4(12)2-7(9)13/h1-3H. The fraction of sp³-hybridized carbons (Fsp3) is 0. The van der Waals surface area contributed by atoms with E-state index in [-0.39, 0.29) is 0 Å². The number of pyridine rings is 1. The van der Waals surface area contributed by atoms with Gasteiger partial charge in [-0.2, -0.15) is 0 Å². The van der Waals surface area contributed by atoms with Crippen molar-refractivity contribution in [2.45, 2.75) is 0 Å². The quantitative estimate of drug-likeness (QED) is 0.517. The van der Waals surface area contributed by atoms with Gasteiger partial charge in [0, 0.05) is 24.6 Å². The van der Waals surface area contributed by atoms with Crippen LogP contribution in [0.3, 0.4) is 0 Å². The molecule has 0 saturated carbocycles. The van der Waals surface area contributed by atoms with E-state index in [4.69, 9.17) is 11.6 Å². The Hall–Kier alpha value is 0.610. The molecule has 0 unspecified atom stereocenters. The summed E-state index contributed by atoms with van der Waals surface area (Å²) >= 11 is 15.1. The highest BCUT2D eigenvalue weighted by Gasteiger charge is 2.08. The molecular weight excluding hydrogens is 444 g/mol. The van der Waals surface area contributed by atoms with Crippen LogP contribution in [0, 0.1) is 3.57 Å². The lowest BCUT2D eigenvalue weighted by Gasteiger charge is -2.04. The maximum absolute atomic E-state index is 5.98. The first-order valence-corrected chi connectivity index (χ1v) is 6.72. The van der Waals surface area contributed by atoms with Gasteiger partial charge in [-0.1, -0.05) is 11.6 Å². The summed E-state index contributed by atoms with van der Waals surface area (Å²) in [6.45, 7) is 0. The first-order valence-electron chi connectivity index (χ1n) is 3.68. The van der Waals surface area contributed by atoms with E-state index in [2.05, 4.69) is 59.4 Å². The third-order valence-corrected chi connectivity index (χ3v) is 4.81. The summed E-state index contributed by atoms with van der Waals surface area (Å²) in [5.74, 6) is 0. The van der Waals surface area contributed by atoms with Crippen LogP contribution in [-0.2, 0) is 0 Å². The van der Waals surface area contributed by atoms with Crippen molar-refractivity contribution in [1.29, 1.82) is 0 Å².